The molecule has 0 aromatic heterocycles. The van der Waals surface area contributed by atoms with E-state index in [-0.39, 0.29) is 5.60 Å². The van der Waals surface area contributed by atoms with Crippen molar-refractivity contribution in [3.05, 3.63) is 34.9 Å². The number of hydrogen-bond donors (Lipinski definition) is 1. The molecule has 0 radical (unpaired) electrons. The lowest BCUT2D eigenvalue weighted by Crippen LogP contribution is -2.47. The molecule has 0 amide bonds. The highest BCUT2D eigenvalue weighted by atomic mass is 35.5. The van der Waals surface area contributed by atoms with Gasteiger partial charge in [0.15, 0.2) is 0 Å². The Morgan fingerprint density at radius 1 is 1.33 bits per heavy atom. The third-order valence-electron chi connectivity index (χ3n) is 4.91. The van der Waals surface area contributed by atoms with Gasteiger partial charge in [-0.05, 0) is 49.9 Å². The van der Waals surface area contributed by atoms with Crippen molar-refractivity contribution >= 4 is 11.6 Å². The van der Waals surface area contributed by atoms with Gasteiger partial charge in [0.1, 0.15) is 0 Å². The predicted octanol–water partition coefficient (Wildman–Crippen LogP) is 3.06. The Labute approximate surface area is 132 Å². The molecule has 0 saturated carbocycles. The van der Waals surface area contributed by atoms with E-state index in [1.54, 1.807) is 0 Å². The van der Waals surface area contributed by atoms with Crippen molar-refractivity contribution < 1.29 is 9.47 Å². The van der Waals surface area contributed by atoms with Gasteiger partial charge in [-0.25, -0.2) is 0 Å². The number of hydrogen-bond acceptors (Lipinski definition) is 3. The zero-order valence-electron chi connectivity index (χ0n) is 12.6. The summed E-state index contributed by atoms with van der Waals surface area (Å²) in [7, 11) is 2.06. The monoisotopic (exact) mass is 309 g/mol. The van der Waals surface area contributed by atoms with E-state index in [0.717, 1.165) is 50.5 Å². The number of nitrogens with one attached hydrogen (secondary N) is 1. The molecule has 116 valence electrons. The first kappa shape index (κ1) is 15.3. The molecule has 2 heterocycles. The van der Waals surface area contributed by atoms with Gasteiger partial charge in [-0.15, -0.1) is 0 Å². The number of likely N-dealkylation sites (N-methyl/N-ethyl adjacent to an activating group) is 1. The van der Waals surface area contributed by atoms with Crippen molar-refractivity contribution in [3.8, 4) is 0 Å². The van der Waals surface area contributed by atoms with E-state index in [1.165, 1.54) is 5.56 Å². The Morgan fingerprint density at radius 3 is 2.81 bits per heavy atom. The summed E-state index contributed by atoms with van der Waals surface area (Å²) < 4.78 is 11.6. The first-order chi connectivity index (χ1) is 10.2. The van der Waals surface area contributed by atoms with Gasteiger partial charge in [0.25, 0.3) is 0 Å². The molecule has 21 heavy (non-hydrogen) atoms. The molecular weight excluding hydrogens is 286 g/mol. The topological polar surface area (TPSA) is 30.5 Å². The molecule has 1 spiro atoms. The van der Waals surface area contributed by atoms with Crippen LogP contribution in [0.2, 0.25) is 5.02 Å². The highest BCUT2D eigenvalue weighted by molar-refractivity contribution is 6.30. The van der Waals surface area contributed by atoms with E-state index >= 15 is 0 Å². The summed E-state index contributed by atoms with van der Waals surface area (Å²) in [6.07, 6.45) is 4.31. The lowest BCUT2D eigenvalue weighted by atomic mass is 9.79. The maximum absolute atomic E-state index is 6.05. The van der Waals surface area contributed by atoms with Crippen LogP contribution in [0, 0.1) is 5.92 Å². The highest BCUT2D eigenvalue weighted by Gasteiger charge is 2.42. The Hall–Kier alpha value is -0.610. The van der Waals surface area contributed by atoms with Crippen LogP contribution in [-0.4, -0.2) is 38.5 Å². The minimum absolute atomic E-state index is 0.0159. The minimum Gasteiger partial charge on any atom is -0.378 e. The summed E-state index contributed by atoms with van der Waals surface area (Å²) in [5, 5.41) is 4.31. The summed E-state index contributed by atoms with van der Waals surface area (Å²) in [5.41, 5.74) is 1.32. The molecule has 4 heteroatoms. The molecule has 0 bridgehead atoms. The first-order valence-electron chi connectivity index (χ1n) is 7.84. The molecule has 2 aliphatic heterocycles. The van der Waals surface area contributed by atoms with Crippen LogP contribution in [-0.2, 0) is 15.9 Å². The van der Waals surface area contributed by atoms with E-state index in [9.17, 15) is 0 Å². The third kappa shape index (κ3) is 3.59. The smallest absolute Gasteiger partial charge is 0.0939 e. The van der Waals surface area contributed by atoms with Crippen molar-refractivity contribution in [2.45, 2.75) is 37.3 Å². The molecule has 2 aliphatic rings. The second-order valence-electron chi connectivity index (χ2n) is 6.31. The fourth-order valence-corrected chi connectivity index (χ4v) is 3.78. The van der Waals surface area contributed by atoms with E-state index in [2.05, 4.69) is 24.5 Å². The van der Waals surface area contributed by atoms with Gasteiger partial charge in [-0.2, -0.15) is 0 Å². The Bertz CT molecular complexity index is 456. The number of ether oxygens (including phenoxy) is 2. The number of halogens is 1. The zero-order valence-corrected chi connectivity index (χ0v) is 13.4. The van der Waals surface area contributed by atoms with Crippen LogP contribution in [0.4, 0.5) is 0 Å². The molecule has 3 unspecified atom stereocenters. The maximum Gasteiger partial charge on any atom is 0.0939 e. The van der Waals surface area contributed by atoms with E-state index < -0.39 is 0 Å². The average molecular weight is 310 g/mol. The number of benzene rings is 1. The SMILES string of the molecule is CNC(Cc1ccc(Cl)cc1)C1CCOC2(CCOC2)C1. The minimum atomic E-state index is -0.0159. The van der Waals surface area contributed by atoms with Gasteiger partial charge in [0.05, 0.1) is 12.2 Å². The van der Waals surface area contributed by atoms with Gasteiger partial charge < -0.3 is 14.8 Å². The van der Waals surface area contributed by atoms with Crippen LogP contribution in [0.3, 0.4) is 0 Å². The largest absolute Gasteiger partial charge is 0.378 e. The molecule has 0 aliphatic carbocycles. The standard InChI is InChI=1S/C17H24ClNO2/c1-19-16(10-13-2-4-15(18)5-3-13)14-6-8-21-17(11-14)7-9-20-12-17/h2-5,14,16,19H,6-12H2,1H3. The quantitative estimate of drug-likeness (QED) is 0.927. The molecular formula is C17H24ClNO2. The average Bonchev–Trinajstić information content (AvgIpc) is 2.94. The molecule has 3 nitrogen and oxygen atoms in total. The van der Waals surface area contributed by atoms with Crippen molar-refractivity contribution in [2.24, 2.45) is 5.92 Å². The second-order valence-corrected chi connectivity index (χ2v) is 6.75. The summed E-state index contributed by atoms with van der Waals surface area (Å²) >= 11 is 5.97. The van der Waals surface area contributed by atoms with Crippen LogP contribution in [0.25, 0.3) is 0 Å². The fourth-order valence-electron chi connectivity index (χ4n) is 3.65. The van der Waals surface area contributed by atoms with E-state index in [0.29, 0.717) is 12.0 Å². The van der Waals surface area contributed by atoms with Crippen LogP contribution in [0.15, 0.2) is 24.3 Å². The first-order valence-corrected chi connectivity index (χ1v) is 8.22. The Kier molecular flexibility index (Phi) is 4.85. The van der Waals surface area contributed by atoms with Crippen LogP contribution in [0.5, 0.6) is 0 Å². The summed E-state index contributed by atoms with van der Waals surface area (Å²) in [5.74, 6) is 0.640. The van der Waals surface area contributed by atoms with Crippen LogP contribution >= 0.6 is 11.6 Å². The molecule has 2 fully saturated rings. The highest BCUT2D eigenvalue weighted by Crippen LogP contribution is 2.37. The van der Waals surface area contributed by atoms with Crippen molar-refractivity contribution in [1.29, 1.82) is 0 Å². The molecule has 1 aromatic carbocycles. The number of rotatable bonds is 4. The van der Waals surface area contributed by atoms with Gasteiger partial charge in [-0.1, -0.05) is 23.7 Å². The van der Waals surface area contributed by atoms with Crippen molar-refractivity contribution in [2.75, 3.05) is 26.9 Å². The molecule has 1 aromatic rings. The van der Waals surface area contributed by atoms with Gasteiger partial charge in [0.2, 0.25) is 0 Å². The van der Waals surface area contributed by atoms with Gasteiger partial charge in [-0.3, -0.25) is 0 Å². The summed E-state index contributed by atoms with van der Waals surface area (Å²) in [6.45, 7) is 2.46. The van der Waals surface area contributed by atoms with E-state index in [4.69, 9.17) is 21.1 Å². The molecule has 2 saturated heterocycles. The molecule has 1 N–H and O–H groups in total. The third-order valence-corrected chi connectivity index (χ3v) is 5.16. The van der Waals surface area contributed by atoms with Crippen LogP contribution in [0.1, 0.15) is 24.8 Å². The predicted molar refractivity (Wildman–Crippen MR) is 84.8 cm³/mol. The molecule has 3 rings (SSSR count). The van der Waals surface area contributed by atoms with E-state index in [1.807, 2.05) is 12.1 Å². The van der Waals surface area contributed by atoms with Gasteiger partial charge in [0, 0.05) is 30.7 Å². The van der Waals surface area contributed by atoms with Crippen LogP contribution < -0.4 is 5.32 Å². The lowest BCUT2D eigenvalue weighted by molar-refractivity contribution is -0.102. The Morgan fingerprint density at radius 2 is 2.14 bits per heavy atom. The molecule has 3 atom stereocenters. The summed E-state index contributed by atoms with van der Waals surface area (Å²) in [6, 6.07) is 8.67. The second kappa shape index (κ2) is 6.66. The normalized spacial score (nSPS) is 30.7. The summed E-state index contributed by atoms with van der Waals surface area (Å²) in [4.78, 5) is 0. The fraction of sp³-hybridized carbons (Fsp3) is 0.647. The maximum atomic E-state index is 6.05. The van der Waals surface area contributed by atoms with Gasteiger partial charge >= 0.3 is 0 Å². The van der Waals surface area contributed by atoms with Crippen molar-refractivity contribution in [1.82, 2.24) is 5.32 Å². The van der Waals surface area contributed by atoms with Crippen molar-refractivity contribution in [3.63, 3.8) is 0 Å². The Balaban J connectivity index is 1.66. The lowest BCUT2D eigenvalue weighted by Gasteiger charge is -2.40. The zero-order chi connectivity index (χ0) is 14.7.